The number of alkyl halides is 3. The lowest BCUT2D eigenvalue weighted by molar-refractivity contribution is -0.274. The first-order chi connectivity index (χ1) is 13.8. The van der Waals surface area contributed by atoms with Gasteiger partial charge >= 0.3 is 6.36 Å². The van der Waals surface area contributed by atoms with Crippen LogP contribution in [0.3, 0.4) is 0 Å². The number of aliphatic hydroxyl groups excluding tert-OH is 1. The highest BCUT2D eigenvalue weighted by Gasteiger charge is 2.31. The monoisotopic (exact) mass is 539 g/mol. The molecule has 0 saturated heterocycles. The van der Waals surface area contributed by atoms with Crippen LogP contribution in [0.4, 0.5) is 13.2 Å². The molecule has 0 amide bonds. The normalized spacial score (nSPS) is 12.5. The number of rotatable bonds is 8. The van der Waals surface area contributed by atoms with Gasteiger partial charge in [-0.15, -0.1) is 37.1 Å². The van der Waals surface area contributed by atoms with Crippen molar-refractivity contribution in [2.45, 2.75) is 25.9 Å². The van der Waals surface area contributed by atoms with Crippen LogP contribution in [-0.2, 0) is 6.54 Å². The summed E-state index contributed by atoms with van der Waals surface area (Å²) in [5, 5.41) is 16.3. The van der Waals surface area contributed by atoms with Crippen LogP contribution in [0.5, 0.6) is 11.5 Å². The number of ether oxygens (including phenoxy) is 2. The predicted molar refractivity (Wildman–Crippen MR) is 119 cm³/mol. The van der Waals surface area contributed by atoms with E-state index in [0.717, 1.165) is 0 Å². The predicted octanol–water partition coefficient (Wildman–Crippen LogP) is 4.00. The minimum atomic E-state index is -4.77. The molecule has 0 saturated carbocycles. The van der Waals surface area contributed by atoms with Crippen LogP contribution in [-0.4, -0.2) is 37.6 Å². The van der Waals surface area contributed by atoms with Crippen LogP contribution in [0.2, 0.25) is 0 Å². The number of hydrogen-bond donors (Lipinski definition) is 3. The number of benzene rings is 2. The third kappa shape index (κ3) is 8.66. The Kier molecular flexibility index (Phi) is 10.7. The molecule has 30 heavy (non-hydrogen) atoms. The maximum atomic E-state index is 12.5. The smallest absolute Gasteiger partial charge is 0.497 e. The Labute approximate surface area is 190 Å². The van der Waals surface area contributed by atoms with Crippen LogP contribution < -0.4 is 20.1 Å². The molecular weight excluding hydrogens is 514 g/mol. The van der Waals surface area contributed by atoms with Gasteiger partial charge in [-0.2, -0.15) is 0 Å². The van der Waals surface area contributed by atoms with Crippen LogP contribution >= 0.6 is 24.0 Å². The summed E-state index contributed by atoms with van der Waals surface area (Å²) in [6, 6.07) is 12.8. The van der Waals surface area contributed by atoms with Gasteiger partial charge in [0, 0.05) is 18.7 Å². The Morgan fingerprint density at radius 1 is 1.10 bits per heavy atom. The van der Waals surface area contributed by atoms with Crippen LogP contribution in [0.15, 0.2) is 53.5 Å². The summed E-state index contributed by atoms with van der Waals surface area (Å²) in [6.45, 7) is 2.54. The van der Waals surface area contributed by atoms with Crippen molar-refractivity contribution in [1.82, 2.24) is 10.6 Å². The summed E-state index contributed by atoms with van der Waals surface area (Å²) in [6.07, 6.45) is -5.57. The van der Waals surface area contributed by atoms with Crippen molar-refractivity contribution in [3.8, 4) is 11.5 Å². The van der Waals surface area contributed by atoms with E-state index in [1.54, 1.807) is 37.4 Å². The van der Waals surface area contributed by atoms with Crippen molar-refractivity contribution in [2.24, 2.45) is 4.99 Å². The number of aliphatic imine (C=N–C) groups is 1. The van der Waals surface area contributed by atoms with E-state index in [4.69, 9.17) is 4.74 Å². The summed E-state index contributed by atoms with van der Waals surface area (Å²) in [5.74, 6) is 0.753. The van der Waals surface area contributed by atoms with Gasteiger partial charge in [0.05, 0.1) is 19.8 Å². The van der Waals surface area contributed by atoms with Crippen LogP contribution in [0, 0.1) is 0 Å². The highest BCUT2D eigenvalue weighted by Crippen LogP contribution is 2.26. The topological polar surface area (TPSA) is 75.1 Å². The zero-order valence-electron chi connectivity index (χ0n) is 16.6. The Morgan fingerprint density at radius 2 is 1.77 bits per heavy atom. The molecule has 3 N–H and O–H groups in total. The Hall–Kier alpha value is -2.21. The molecule has 2 rings (SSSR count). The van der Waals surface area contributed by atoms with Crippen molar-refractivity contribution in [3.05, 3.63) is 59.7 Å². The molecule has 0 fully saturated rings. The van der Waals surface area contributed by atoms with Crippen LogP contribution in [0.1, 0.15) is 24.2 Å². The molecule has 2 aromatic carbocycles. The molecular formula is C20H25F3IN3O3. The van der Waals surface area contributed by atoms with Crippen molar-refractivity contribution in [1.29, 1.82) is 0 Å². The summed E-state index contributed by atoms with van der Waals surface area (Å²) < 4.78 is 46.7. The number of halogens is 4. The molecule has 166 valence electrons. The average molecular weight is 539 g/mol. The summed E-state index contributed by atoms with van der Waals surface area (Å²) >= 11 is 0. The van der Waals surface area contributed by atoms with E-state index in [9.17, 15) is 18.3 Å². The number of methoxy groups -OCH3 is 1. The lowest BCUT2D eigenvalue weighted by Crippen LogP contribution is -2.39. The highest BCUT2D eigenvalue weighted by molar-refractivity contribution is 14.0. The molecule has 0 radical (unpaired) electrons. The summed E-state index contributed by atoms with van der Waals surface area (Å²) in [7, 11) is 1.56. The number of aliphatic hydroxyl groups is 1. The molecule has 1 unspecified atom stereocenters. The minimum absolute atomic E-state index is 0. The highest BCUT2D eigenvalue weighted by atomic mass is 127. The van der Waals surface area contributed by atoms with Gasteiger partial charge in [-0.25, -0.2) is 4.99 Å². The molecule has 2 aromatic rings. The second-order valence-corrected chi connectivity index (χ2v) is 6.02. The van der Waals surface area contributed by atoms with E-state index >= 15 is 0 Å². The molecule has 0 aliphatic carbocycles. The SMILES string of the molecule is CCNC(=NCc1ccccc1OC(F)(F)F)NCC(O)c1ccc(OC)cc1.I. The molecule has 1 atom stereocenters. The summed E-state index contributed by atoms with van der Waals surface area (Å²) in [5.41, 5.74) is 0.982. The van der Waals surface area contributed by atoms with Gasteiger partial charge < -0.3 is 25.2 Å². The molecule has 10 heteroatoms. The Bertz CT molecular complexity index is 802. The third-order valence-electron chi connectivity index (χ3n) is 3.91. The van der Waals surface area contributed by atoms with Crippen molar-refractivity contribution in [2.75, 3.05) is 20.2 Å². The zero-order chi connectivity index (χ0) is 21.3. The molecule has 0 heterocycles. The van der Waals surface area contributed by atoms with E-state index in [2.05, 4.69) is 20.4 Å². The van der Waals surface area contributed by atoms with Gasteiger partial charge in [0.2, 0.25) is 0 Å². The lowest BCUT2D eigenvalue weighted by Gasteiger charge is -2.16. The maximum absolute atomic E-state index is 12.5. The quantitative estimate of drug-likeness (QED) is 0.269. The van der Waals surface area contributed by atoms with Crippen molar-refractivity contribution < 1.29 is 27.8 Å². The number of nitrogens with zero attached hydrogens (tertiary/aromatic N) is 1. The fourth-order valence-electron chi connectivity index (χ4n) is 2.50. The molecule has 0 aliphatic rings. The lowest BCUT2D eigenvalue weighted by atomic mass is 10.1. The maximum Gasteiger partial charge on any atom is 0.573 e. The minimum Gasteiger partial charge on any atom is -0.497 e. The van der Waals surface area contributed by atoms with Crippen LogP contribution in [0.25, 0.3) is 0 Å². The van der Waals surface area contributed by atoms with Gasteiger partial charge in [0.25, 0.3) is 0 Å². The second-order valence-electron chi connectivity index (χ2n) is 6.02. The van der Waals surface area contributed by atoms with E-state index in [1.807, 2.05) is 6.92 Å². The number of para-hydroxylation sites is 1. The van der Waals surface area contributed by atoms with Gasteiger partial charge in [0.15, 0.2) is 5.96 Å². The van der Waals surface area contributed by atoms with Gasteiger partial charge in [-0.1, -0.05) is 30.3 Å². The second kappa shape index (κ2) is 12.5. The molecule has 0 aromatic heterocycles. The standard InChI is InChI=1S/C20H24F3N3O3.HI/c1-3-24-19(26-13-17(27)14-8-10-16(28-2)11-9-14)25-12-15-6-4-5-7-18(15)29-20(21,22)23;/h4-11,17,27H,3,12-13H2,1-2H3,(H2,24,25,26);1H. The first-order valence-corrected chi connectivity index (χ1v) is 9.00. The Balaban J connectivity index is 0.00000450. The van der Waals surface area contributed by atoms with Gasteiger partial charge in [-0.3, -0.25) is 0 Å². The van der Waals surface area contributed by atoms with E-state index < -0.39 is 12.5 Å². The summed E-state index contributed by atoms with van der Waals surface area (Å²) in [4.78, 5) is 4.28. The fraction of sp³-hybridized carbons (Fsp3) is 0.350. The first-order valence-electron chi connectivity index (χ1n) is 9.00. The number of hydrogen-bond acceptors (Lipinski definition) is 4. The molecule has 6 nitrogen and oxygen atoms in total. The number of guanidine groups is 1. The molecule has 0 bridgehead atoms. The van der Waals surface area contributed by atoms with Gasteiger partial charge in [0.1, 0.15) is 11.5 Å². The number of nitrogens with one attached hydrogen (secondary N) is 2. The van der Waals surface area contributed by atoms with Crippen molar-refractivity contribution in [3.63, 3.8) is 0 Å². The van der Waals surface area contributed by atoms with E-state index in [0.29, 0.717) is 23.8 Å². The van der Waals surface area contributed by atoms with E-state index in [1.165, 1.54) is 18.2 Å². The van der Waals surface area contributed by atoms with Crippen molar-refractivity contribution >= 4 is 29.9 Å². The third-order valence-corrected chi connectivity index (χ3v) is 3.91. The average Bonchev–Trinajstić information content (AvgIpc) is 2.69. The molecule has 0 aliphatic heterocycles. The molecule has 0 spiro atoms. The Morgan fingerprint density at radius 3 is 2.37 bits per heavy atom. The van der Waals surface area contributed by atoms with Gasteiger partial charge in [-0.05, 0) is 30.7 Å². The van der Waals surface area contributed by atoms with E-state index in [-0.39, 0.29) is 48.4 Å². The first kappa shape index (κ1) is 25.8. The fourth-order valence-corrected chi connectivity index (χ4v) is 2.50. The largest absolute Gasteiger partial charge is 0.573 e. The zero-order valence-corrected chi connectivity index (χ0v) is 18.9.